The Hall–Kier alpha value is 0.01000. The average Bonchev–Trinajstić information content (AvgIpc) is 2.33. The zero-order chi connectivity index (χ0) is 11.5. The zero-order valence-corrected chi connectivity index (χ0v) is 11.7. The second-order valence-electron chi connectivity index (χ2n) is 4.12. The van der Waals surface area contributed by atoms with Crippen LogP contribution in [0.3, 0.4) is 0 Å². The molecule has 1 aliphatic heterocycles. The van der Waals surface area contributed by atoms with E-state index in [1.165, 1.54) is 0 Å². The van der Waals surface area contributed by atoms with Gasteiger partial charge >= 0.3 is 0 Å². The third-order valence-corrected chi connectivity index (χ3v) is 3.95. The highest BCUT2D eigenvalue weighted by Crippen LogP contribution is 2.35. The molecule has 1 heterocycles. The van der Waals surface area contributed by atoms with Crippen molar-refractivity contribution in [3.63, 3.8) is 0 Å². The lowest BCUT2D eigenvalue weighted by Crippen LogP contribution is -2.27. The number of halogens is 3. The van der Waals surface area contributed by atoms with Crippen molar-refractivity contribution in [3.05, 3.63) is 33.8 Å². The normalized spacial score (nSPS) is 18.5. The summed E-state index contributed by atoms with van der Waals surface area (Å²) in [5.74, 6) is 0.435. The maximum atomic E-state index is 6.24. The number of benzene rings is 1. The van der Waals surface area contributed by atoms with Gasteiger partial charge in [0.2, 0.25) is 0 Å². The molecule has 0 spiro atoms. The van der Waals surface area contributed by atoms with Gasteiger partial charge in [-0.2, -0.15) is 0 Å². The lowest BCUT2D eigenvalue weighted by atomic mass is 9.88. The molecular weight excluding hydrogens is 280 g/mol. The first-order valence-corrected chi connectivity index (χ1v) is 6.23. The Balaban J connectivity index is 0.00000144. The van der Waals surface area contributed by atoms with Crippen molar-refractivity contribution in [2.45, 2.75) is 18.9 Å². The molecule has 0 bridgehead atoms. The molecule has 0 amide bonds. The third kappa shape index (κ3) is 3.49. The number of hydrogen-bond acceptors (Lipinski definition) is 2. The van der Waals surface area contributed by atoms with E-state index in [0.29, 0.717) is 16.0 Å². The molecule has 1 aliphatic rings. The second kappa shape index (κ2) is 6.81. The first-order valence-electron chi connectivity index (χ1n) is 5.47. The predicted octanol–water partition coefficient (Wildman–Crippen LogP) is 3.84. The topological polar surface area (TPSA) is 35.2 Å². The molecule has 1 aromatic carbocycles. The highest BCUT2D eigenvalue weighted by atomic mass is 35.5. The van der Waals surface area contributed by atoms with E-state index in [0.717, 1.165) is 31.6 Å². The van der Waals surface area contributed by atoms with E-state index in [2.05, 4.69) is 0 Å². The van der Waals surface area contributed by atoms with Gasteiger partial charge in [0.15, 0.2) is 0 Å². The second-order valence-corrected chi connectivity index (χ2v) is 4.90. The average molecular weight is 297 g/mol. The van der Waals surface area contributed by atoms with Crippen molar-refractivity contribution < 1.29 is 4.74 Å². The Morgan fingerprint density at radius 1 is 1.24 bits per heavy atom. The molecule has 96 valence electrons. The molecule has 2 nitrogen and oxygen atoms in total. The van der Waals surface area contributed by atoms with Gasteiger partial charge in [-0.05, 0) is 30.4 Å². The summed E-state index contributed by atoms with van der Waals surface area (Å²) in [4.78, 5) is 0. The summed E-state index contributed by atoms with van der Waals surface area (Å²) in [6, 6.07) is 5.58. The first kappa shape index (κ1) is 15.1. The Morgan fingerprint density at radius 2 is 1.88 bits per heavy atom. The maximum absolute atomic E-state index is 6.24. The van der Waals surface area contributed by atoms with Gasteiger partial charge in [0, 0.05) is 19.3 Å². The van der Waals surface area contributed by atoms with Crippen molar-refractivity contribution in [2.24, 2.45) is 11.7 Å². The standard InChI is InChI=1S/C12H15Cl2NO.ClH/c13-10-3-1-2-9(11(10)14)12(15)8-4-6-16-7-5-8;/h1-3,8,12H,4-7,15H2;1H/t12-;/m0./s1. The van der Waals surface area contributed by atoms with Crippen molar-refractivity contribution in [3.8, 4) is 0 Å². The smallest absolute Gasteiger partial charge is 0.0640 e. The van der Waals surface area contributed by atoms with Gasteiger partial charge in [-0.3, -0.25) is 0 Å². The van der Waals surface area contributed by atoms with Crippen molar-refractivity contribution in [1.29, 1.82) is 0 Å². The van der Waals surface area contributed by atoms with Gasteiger partial charge < -0.3 is 10.5 Å². The van der Waals surface area contributed by atoms with E-state index in [-0.39, 0.29) is 18.4 Å². The van der Waals surface area contributed by atoms with Crippen molar-refractivity contribution in [2.75, 3.05) is 13.2 Å². The molecule has 0 aromatic heterocycles. The first-order chi connectivity index (χ1) is 7.70. The van der Waals surface area contributed by atoms with Crippen LogP contribution in [0, 0.1) is 5.92 Å². The summed E-state index contributed by atoms with van der Waals surface area (Å²) in [6.07, 6.45) is 1.98. The molecular formula is C12H16Cl3NO. The molecule has 1 saturated heterocycles. The van der Waals surface area contributed by atoms with Crippen LogP contribution in [0.2, 0.25) is 10.0 Å². The van der Waals surface area contributed by atoms with Crippen LogP contribution in [0.5, 0.6) is 0 Å². The molecule has 0 unspecified atom stereocenters. The summed E-state index contributed by atoms with van der Waals surface area (Å²) in [6.45, 7) is 1.58. The van der Waals surface area contributed by atoms with Crippen LogP contribution < -0.4 is 5.73 Å². The minimum atomic E-state index is -0.0462. The van der Waals surface area contributed by atoms with E-state index in [1.54, 1.807) is 6.07 Å². The quantitative estimate of drug-likeness (QED) is 0.900. The Labute approximate surface area is 118 Å². The van der Waals surface area contributed by atoms with Crippen LogP contribution in [-0.2, 0) is 4.74 Å². The van der Waals surface area contributed by atoms with Crippen molar-refractivity contribution >= 4 is 35.6 Å². The molecule has 1 fully saturated rings. The number of nitrogens with two attached hydrogens (primary N) is 1. The summed E-state index contributed by atoms with van der Waals surface area (Å²) in [7, 11) is 0. The molecule has 0 radical (unpaired) electrons. The monoisotopic (exact) mass is 295 g/mol. The SMILES string of the molecule is Cl.N[C@H](c1cccc(Cl)c1Cl)C1CCOCC1. The van der Waals surface area contributed by atoms with E-state index in [9.17, 15) is 0 Å². The fraction of sp³-hybridized carbons (Fsp3) is 0.500. The number of rotatable bonds is 2. The molecule has 2 rings (SSSR count). The van der Waals surface area contributed by atoms with E-state index in [1.807, 2.05) is 12.1 Å². The zero-order valence-electron chi connectivity index (χ0n) is 9.36. The fourth-order valence-corrected chi connectivity index (χ4v) is 2.54. The minimum absolute atomic E-state index is 0. The molecule has 2 N–H and O–H groups in total. The van der Waals surface area contributed by atoms with Gasteiger partial charge in [0.25, 0.3) is 0 Å². The molecule has 17 heavy (non-hydrogen) atoms. The van der Waals surface area contributed by atoms with Gasteiger partial charge in [-0.25, -0.2) is 0 Å². The van der Waals surface area contributed by atoms with Crippen LogP contribution in [0.25, 0.3) is 0 Å². The largest absolute Gasteiger partial charge is 0.381 e. The third-order valence-electron chi connectivity index (χ3n) is 3.11. The summed E-state index contributed by atoms with van der Waals surface area (Å²) >= 11 is 12.1. The van der Waals surface area contributed by atoms with Crippen LogP contribution >= 0.6 is 35.6 Å². The van der Waals surface area contributed by atoms with Gasteiger partial charge in [0.1, 0.15) is 0 Å². The van der Waals surface area contributed by atoms with Crippen molar-refractivity contribution in [1.82, 2.24) is 0 Å². The van der Waals surface area contributed by atoms with Crippen LogP contribution in [0.4, 0.5) is 0 Å². The molecule has 5 heteroatoms. The minimum Gasteiger partial charge on any atom is -0.381 e. The number of hydrogen-bond donors (Lipinski definition) is 1. The van der Waals surface area contributed by atoms with Gasteiger partial charge in [-0.1, -0.05) is 35.3 Å². The molecule has 1 atom stereocenters. The lowest BCUT2D eigenvalue weighted by molar-refractivity contribution is 0.0584. The Morgan fingerprint density at radius 3 is 2.53 bits per heavy atom. The summed E-state index contributed by atoms with van der Waals surface area (Å²) < 4.78 is 5.33. The fourth-order valence-electron chi connectivity index (χ4n) is 2.11. The Bertz CT molecular complexity index is 367. The highest BCUT2D eigenvalue weighted by molar-refractivity contribution is 6.42. The van der Waals surface area contributed by atoms with E-state index < -0.39 is 0 Å². The van der Waals surface area contributed by atoms with E-state index >= 15 is 0 Å². The summed E-state index contributed by atoms with van der Waals surface area (Å²) in [5.41, 5.74) is 7.19. The van der Waals surface area contributed by atoms with Gasteiger partial charge in [0.05, 0.1) is 10.0 Å². The van der Waals surface area contributed by atoms with E-state index in [4.69, 9.17) is 33.7 Å². The Kier molecular flexibility index (Phi) is 6.04. The molecule has 0 aliphatic carbocycles. The summed E-state index contributed by atoms with van der Waals surface area (Å²) in [5, 5.41) is 1.16. The predicted molar refractivity (Wildman–Crippen MR) is 74.2 cm³/mol. The van der Waals surface area contributed by atoms with Crippen LogP contribution in [0.1, 0.15) is 24.4 Å². The highest BCUT2D eigenvalue weighted by Gasteiger charge is 2.24. The maximum Gasteiger partial charge on any atom is 0.0640 e. The van der Waals surface area contributed by atoms with Gasteiger partial charge in [-0.15, -0.1) is 12.4 Å². The number of ether oxygens (including phenoxy) is 1. The molecule has 1 aromatic rings. The molecule has 0 saturated carbocycles. The van der Waals surface area contributed by atoms with Crippen LogP contribution in [-0.4, -0.2) is 13.2 Å². The lowest BCUT2D eigenvalue weighted by Gasteiger charge is -2.28. The van der Waals surface area contributed by atoms with Crippen LogP contribution in [0.15, 0.2) is 18.2 Å².